The second kappa shape index (κ2) is 7.50. The number of carboxylic acid groups (broad SMARTS) is 1. The molecule has 2 atom stereocenters. The van der Waals surface area contributed by atoms with E-state index in [4.69, 9.17) is 5.11 Å². The molecular weight excluding hydrogens is 286 g/mol. The number of carbonyl (C=O) groups is 2. The molecule has 5 heteroatoms. The average Bonchev–Trinajstić information content (AvgIpc) is 2.90. The summed E-state index contributed by atoms with van der Waals surface area (Å²) in [6.07, 6.45) is 2.46. The van der Waals surface area contributed by atoms with Gasteiger partial charge in [-0.1, -0.05) is 17.7 Å². The van der Waals surface area contributed by atoms with Crippen molar-refractivity contribution >= 4 is 23.6 Å². The molecule has 2 unspecified atom stereocenters. The quantitative estimate of drug-likeness (QED) is 0.793. The largest absolute Gasteiger partial charge is 0.481 e. The molecule has 2 rings (SSSR count). The lowest BCUT2D eigenvalue weighted by Crippen LogP contribution is -2.33. The maximum Gasteiger partial charge on any atom is 0.306 e. The molecule has 1 aromatic rings. The van der Waals surface area contributed by atoms with Crippen molar-refractivity contribution in [2.75, 3.05) is 5.75 Å². The fraction of sp³-hybridized carbons (Fsp3) is 0.500. The van der Waals surface area contributed by atoms with Crippen LogP contribution in [0.5, 0.6) is 0 Å². The Morgan fingerprint density at radius 3 is 2.62 bits per heavy atom. The summed E-state index contributed by atoms with van der Waals surface area (Å²) < 4.78 is 0. The minimum atomic E-state index is -0.748. The first-order chi connectivity index (χ1) is 10.0. The molecule has 0 aromatic heterocycles. The topological polar surface area (TPSA) is 66.4 Å². The SMILES string of the molecule is Cc1ccc(SCCC(=O)NC2CCC(C(=O)O)C2)cc1. The van der Waals surface area contributed by atoms with Crippen molar-refractivity contribution in [2.24, 2.45) is 5.92 Å². The molecule has 21 heavy (non-hydrogen) atoms. The van der Waals surface area contributed by atoms with E-state index >= 15 is 0 Å². The highest BCUT2D eigenvalue weighted by atomic mass is 32.2. The molecule has 114 valence electrons. The third kappa shape index (κ3) is 5.08. The predicted octanol–water partition coefficient (Wildman–Crippen LogP) is 2.85. The molecule has 4 nitrogen and oxygen atoms in total. The Balaban J connectivity index is 1.66. The first kappa shape index (κ1) is 15.9. The molecule has 0 radical (unpaired) electrons. The van der Waals surface area contributed by atoms with Gasteiger partial charge in [-0.25, -0.2) is 0 Å². The van der Waals surface area contributed by atoms with Crippen LogP contribution in [0.4, 0.5) is 0 Å². The highest BCUT2D eigenvalue weighted by Gasteiger charge is 2.30. The van der Waals surface area contributed by atoms with E-state index in [1.807, 2.05) is 6.92 Å². The number of benzene rings is 1. The van der Waals surface area contributed by atoms with Gasteiger partial charge >= 0.3 is 5.97 Å². The number of carboxylic acids is 1. The molecule has 1 fully saturated rings. The molecule has 1 saturated carbocycles. The third-order valence-electron chi connectivity index (χ3n) is 3.77. The lowest BCUT2D eigenvalue weighted by Gasteiger charge is -2.12. The van der Waals surface area contributed by atoms with Gasteiger partial charge in [-0.2, -0.15) is 0 Å². The van der Waals surface area contributed by atoms with E-state index in [0.717, 1.165) is 12.2 Å². The molecule has 0 spiro atoms. The van der Waals surface area contributed by atoms with Crippen molar-refractivity contribution < 1.29 is 14.7 Å². The van der Waals surface area contributed by atoms with Gasteiger partial charge < -0.3 is 10.4 Å². The Kier molecular flexibility index (Phi) is 5.67. The summed E-state index contributed by atoms with van der Waals surface area (Å²) in [6, 6.07) is 8.28. The van der Waals surface area contributed by atoms with Crippen LogP contribution in [-0.4, -0.2) is 28.8 Å². The fourth-order valence-electron chi connectivity index (χ4n) is 2.53. The van der Waals surface area contributed by atoms with E-state index < -0.39 is 5.97 Å². The summed E-state index contributed by atoms with van der Waals surface area (Å²) >= 11 is 1.67. The van der Waals surface area contributed by atoms with Crippen LogP contribution in [0.25, 0.3) is 0 Å². The molecular formula is C16H21NO3S. The van der Waals surface area contributed by atoms with Gasteiger partial charge in [0.15, 0.2) is 0 Å². The molecule has 0 bridgehead atoms. The summed E-state index contributed by atoms with van der Waals surface area (Å²) in [5.41, 5.74) is 1.23. The second-order valence-electron chi connectivity index (χ2n) is 5.52. The summed E-state index contributed by atoms with van der Waals surface area (Å²) in [6.45, 7) is 2.05. The van der Waals surface area contributed by atoms with Gasteiger partial charge in [-0.05, 0) is 38.3 Å². The third-order valence-corrected chi connectivity index (χ3v) is 4.78. The fourth-order valence-corrected chi connectivity index (χ4v) is 3.38. The van der Waals surface area contributed by atoms with Crippen molar-refractivity contribution in [3.8, 4) is 0 Å². The molecule has 0 heterocycles. The van der Waals surface area contributed by atoms with Crippen LogP contribution < -0.4 is 5.32 Å². The molecule has 2 N–H and O–H groups in total. The van der Waals surface area contributed by atoms with E-state index in [2.05, 4.69) is 29.6 Å². The van der Waals surface area contributed by atoms with E-state index in [1.54, 1.807) is 11.8 Å². The van der Waals surface area contributed by atoms with Crippen LogP contribution in [0.3, 0.4) is 0 Å². The lowest BCUT2D eigenvalue weighted by atomic mass is 10.1. The normalized spacial score (nSPS) is 21.2. The first-order valence-electron chi connectivity index (χ1n) is 7.26. The zero-order chi connectivity index (χ0) is 15.2. The van der Waals surface area contributed by atoms with E-state index in [1.165, 1.54) is 10.5 Å². The minimum absolute atomic E-state index is 0.0191. The van der Waals surface area contributed by atoms with E-state index in [0.29, 0.717) is 19.3 Å². The second-order valence-corrected chi connectivity index (χ2v) is 6.69. The number of nitrogens with one attached hydrogen (secondary N) is 1. The van der Waals surface area contributed by atoms with Gasteiger partial charge in [0.1, 0.15) is 0 Å². The molecule has 0 saturated heterocycles. The summed E-state index contributed by atoms with van der Waals surface area (Å²) in [7, 11) is 0. The minimum Gasteiger partial charge on any atom is -0.481 e. The number of hydrogen-bond acceptors (Lipinski definition) is 3. The van der Waals surface area contributed by atoms with Crippen molar-refractivity contribution in [2.45, 2.75) is 43.5 Å². The zero-order valence-corrected chi connectivity index (χ0v) is 13.0. The van der Waals surface area contributed by atoms with Crippen molar-refractivity contribution in [3.05, 3.63) is 29.8 Å². The van der Waals surface area contributed by atoms with Crippen LogP contribution in [0.2, 0.25) is 0 Å². The van der Waals surface area contributed by atoms with E-state index in [-0.39, 0.29) is 17.9 Å². The molecule has 0 aliphatic heterocycles. The summed E-state index contributed by atoms with van der Waals surface area (Å²) in [4.78, 5) is 23.9. The van der Waals surface area contributed by atoms with Gasteiger partial charge in [0.25, 0.3) is 0 Å². The zero-order valence-electron chi connectivity index (χ0n) is 12.2. The Bertz CT molecular complexity index is 501. The van der Waals surface area contributed by atoms with Gasteiger partial charge in [0, 0.05) is 23.1 Å². The molecule has 1 amide bonds. The van der Waals surface area contributed by atoms with Crippen molar-refractivity contribution in [1.82, 2.24) is 5.32 Å². The summed E-state index contributed by atoms with van der Waals surface area (Å²) in [5.74, 6) is -0.284. The predicted molar refractivity (Wildman–Crippen MR) is 83.4 cm³/mol. The van der Waals surface area contributed by atoms with Crippen LogP contribution in [0.1, 0.15) is 31.2 Å². The summed E-state index contributed by atoms with van der Waals surface area (Å²) in [5, 5.41) is 11.9. The number of amides is 1. The Morgan fingerprint density at radius 1 is 1.29 bits per heavy atom. The van der Waals surface area contributed by atoms with Gasteiger partial charge in [0.2, 0.25) is 5.91 Å². The van der Waals surface area contributed by atoms with Crippen LogP contribution in [0, 0.1) is 12.8 Å². The van der Waals surface area contributed by atoms with Crippen LogP contribution in [0.15, 0.2) is 29.2 Å². The van der Waals surface area contributed by atoms with Crippen LogP contribution >= 0.6 is 11.8 Å². The Labute approximate surface area is 129 Å². The average molecular weight is 307 g/mol. The van der Waals surface area contributed by atoms with Crippen molar-refractivity contribution in [1.29, 1.82) is 0 Å². The number of carbonyl (C=O) groups excluding carboxylic acids is 1. The number of hydrogen-bond donors (Lipinski definition) is 2. The van der Waals surface area contributed by atoms with Gasteiger partial charge in [-0.15, -0.1) is 11.8 Å². The maximum absolute atomic E-state index is 11.8. The molecule has 1 aliphatic carbocycles. The standard InChI is InChI=1S/C16H21NO3S/c1-11-2-6-14(7-3-11)21-9-8-15(18)17-13-5-4-12(10-13)16(19)20/h2-3,6-7,12-13H,4-5,8-10H2,1H3,(H,17,18)(H,19,20). The number of aliphatic carboxylic acids is 1. The van der Waals surface area contributed by atoms with E-state index in [9.17, 15) is 9.59 Å². The smallest absolute Gasteiger partial charge is 0.306 e. The highest BCUT2D eigenvalue weighted by Crippen LogP contribution is 2.26. The maximum atomic E-state index is 11.8. The Morgan fingerprint density at radius 2 is 2.00 bits per heavy atom. The van der Waals surface area contributed by atoms with Crippen LogP contribution in [-0.2, 0) is 9.59 Å². The first-order valence-corrected chi connectivity index (χ1v) is 8.25. The lowest BCUT2D eigenvalue weighted by molar-refractivity contribution is -0.141. The number of thioether (sulfide) groups is 1. The Hall–Kier alpha value is -1.49. The number of aryl methyl sites for hydroxylation is 1. The van der Waals surface area contributed by atoms with Crippen molar-refractivity contribution in [3.63, 3.8) is 0 Å². The van der Waals surface area contributed by atoms with Gasteiger partial charge in [-0.3, -0.25) is 9.59 Å². The molecule has 1 aromatic carbocycles. The molecule has 1 aliphatic rings. The highest BCUT2D eigenvalue weighted by molar-refractivity contribution is 7.99. The monoisotopic (exact) mass is 307 g/mol. The number of rotatable bonds is 6. The van der Waals surface area contributed by atoms with Gasteiger partial charge in [0.05, 0.1) is 5.92 Å².